The first kappa shape index (κ1) is 18.9. The third-order valence-corrected chi connectivity index (χ3v) is 4.43. The second-order valence-electron chi connectivity index (χ2n) is 6.57. The van der Waals surface area contributed by atoms with Gasteiger partial charge in [-0.3, -0.25) is 9.59 Å². The van der Waals surface area contributed by atoms with E-state index in [1.54, 1.807) is 38.4 Å². The number of carbonyl (C=O) groups excluding carboxylic acids is 2. The van der Waals surface area contributed by atoms with Crippen LogP contribution >= 0.6 is 0 Å². The minimum Gasteiger partial charge on any atom is -0.345 e. The lowest BCUT2D eigenvalue weighted by atomic mass is 10.1. The average Bonchev–Trinajstić information content (AvgIpc) is 3.01. The Morgan fingerprint density at radius 1 is 1.15 bits per heavy atom. The Hall–Kier alpha value is -2.84. The number of rotatable bonds is 2. The van der Waals surface area contributed by atoms with E-state index in [1.807, 2.05) is 0 Å². The molecule has 2 aromatic rings. The minimum absolute atomic E-state index is 0.172. The highest BCUT2D eigenvalue weighted by molar-refractivity contribution is 5.94. The Kier molecular flexibility index (Phi) is 4.71. The molecule has 3 rings (SSSR count). The molecular formula is C18H19F3N4O2. The van der Waals surface area contributed by atoms with Crippen LogP contribution in [0.4, 0.5) is 18.9 Å². The van der Waals surface area contributed by atoms with Gasteiger partial charge in [-0.15, -0.1) is 0 Å². The van der Waals surface area contributed by atoms with Gasteiger partial charge in [0.25, 0.3) is 5.91 Å². The summed E-state index contributed by atoms with van der Waals surface area (Å²) in [5.74, 6) is -0.657. The summed E-state index contributed by atoms with van der Waals surface area (Å²) < 4.78 is 41.8. The predicted molar refractivity (Wildman–Crippen MR) is 92.9 cm³/mol. The molecule has 1 aliphatic rings. The minimum atomic E-state index is -4.68. The molecule has 0 bridgehead atoms. The SMILES string of the molecule is CC(=O)N1CCCc2c1c(C(F)(F)F)nn2-c1ccc(C(=O)N(C)C)cc1. The van der Waals surface area contributed by atoms with Crippen LogP contribution in [0.3, 0.4) is 0 Å². The van der Waals surface area contributed by atoms with Crippen LogP contribution in [-0.2, 0) is 17.4 Å². The van der Waals surface area contributed by atoms with Crippen LogP contribution in [0, 0.1) is 0 Å². The third-order valence-electron chi connectivity index (χ3n) is 4.43. The summed E-state index contributed by atoms with van der Waals surface area (Å²) in [4.78, 5) is 26.4. The van der Waals surface area contributed by atoms with Crippen molar-refractivity contribution in [1.29, 1.82) is 0 Å². The van der Waals surface area contributed by atoms with Gasteiger partial charge in [0, 0.05) is 33.1 Å². The maximum absolute atomic E-state index is 13.5. The van der Waals surface area contributed by atoms with Gasteiger partial charge in [0.1, 0.15) is 0 Å². The lowest BCUT2D eigenvalue weighted by Gasteiger charge is -2.27. The number of hydrogen-bond acceptors (Lipinski definition) is 3. The van der Waals surface area contributed by atoms with Crippen molar-refractivity contribution < 1.29 is 22.8 Å². The van der Waals surface area contributed by atoms with Crippen LogP contribution in [0.25, 0.3) is 5.69 Å². The van der Waals surface area contributed by atoms with E-state index in [0.717, 1.165) is 4.90 Å². The van der Waals surface area contributed by atoms with E-state index in [4.69, 9.17) is 0 Å². The van der Waals surface area contributed by atoms with Crippen LogP contribution in [0.5, 0.6) is 0 Å². The zero-order chi connectivity index (χ0) is 19.9. The number of nitrogens with zero attached hydrogens (tertiary/aromatic N) is 4. The van der Waals surface area contributed by atoms with Crippen LogP contribution in [0.2, 0.25) is 0 Å². The van der Waals surface area contributed by atoms with Gasteiger partial charge >= 0.3 is 6.18 Å². The molecule has 0 saturated heterocycles. The van der Waals surface area contributed by atoms with Gasteiger partial charge in [-0.25, -0.2) is 4.68 Å². The highest BCUT2D eigenvalue weighted by Gasteiger charge is 2.43. The van der Waals surface area contributed by atoms with E-state index in [0.29, 0.717) is 29.8 Å². The van der Waals surface area contributed by atoms with Crippen molar-refractivity contribution in [3.05, 3.63) is 41.2 Å². The summed E-state index contributed by atoms with van der Waals surface area (Å²) in [7, 11) is 3.23. The molecule has 1 aromatic heterocycles. The molecule has 2 heterocycles. The van der Waals surface area contributed by atoms with Gasteiger partial charge in [0.15, 0.2) is 5.69 Å². The summed E-state index contributed by atoms with van der Waals surface area (Å²) in [5, 5.41) is 3.78. The predicted octanol–water partition coefficient (Wildman–Crippen LogP) is 2.89. The molecule has 2 amide bonds. The normalized spacial score (nSPS) is 14.1. The molecule has 0 atom stereocenters. The average molecular weight is 380 g/mol. The molecule has 0 spiro atoms. The molecule has 0 aliphatic carbocycles. The number of hydrogen-bond donors (Lipinski definition) is 0. The Morgan fingerprint density at radius 2 is 1.78 bits per heavy atom. The summed E-state index contributed by atoms with van der Waals surface area (Å²) in [6.07, 6.45) is -3.76. The number of aromatic nitrogens is 2. The lowest BCUT2D eigenvalue weighted by molar-refractivity contribution is -0.140. The maximum Gasteiger partial charge on any atom is 0.437 e. The molecule has 0 unspecified atom stereocenters. The summed E-state index contributed by atoms with van der Waals surface area (Å²) in [6.45, 7) is 1.47. The lowest BCUT2D eigenvalue weighted by Crippen LogP contribution is -2.35. The number of benzene rings is 1. The molecule has 144 valence electrons. The van der Waals surface area contributed by atoms with Gasteiger partial charge in [0.2, 0.25) is 5.91 Å². The molecule has 0 radical (unpaired) electrons. The van der Waals surface area contributed by atoms with Crippen molar-refractivity contribution >= 4 is 17.5 Å². The number of carbonyl (C=O) groups is 2. The third kappa shape index (κ3) is 3.41. The van der Waals surface area contributed by atoms with Crippen molar-refractivity contribution in [2.75, 3.05) is 25.5 Å². The maximum atomic E-state index is 13.5. The van der Waals surface area contributed by atoms with Crippen LogP contribution in [-0.4, -0.2) is 47.1 Å². The summed E-state index contributed by atoms with van der Waals surface area (Å²) in [5.41, 5.74) is -0.0698. The van der Waals surface area contributed by atoms with Gasteiger partial charge < -0.3 is 9.80 Å². The highest BCUT2D eigenvalue weighted by Crippen LogP contribution is 2.41. The molecule has 1 aromatic carbocycles. The Labute approximate surface area is 154 Å². The first-order chi connectivity index (χ1) is 12.6. The quantitative estimate of drug-likeness (QED) is 0.805. The Bertz CT molecular complexity index is 885. The van der Waals surface area contributed by atoms with Gasteiger partial charge in [-0.2, -0.15) is 18.3 Å². The molecule has 0 N–H and O–H groups in total. The zero-order valence-corrected chi connectivity index (χ0v) is 15.2. The fourth-order valence-corrected chi connectivity index (χ4v) is 3.19. The zero-order valence-electron chi connectivity index (χ0n) is 15.2. The van der Waals surface area contributed by atoms with Crippen LogP contribution < -0.4 is 4.90 Å². The number of fused-ring (bicyclic) bond motifs is 1. The number of alkyl halides is 3. The molecule has 27 heavy (non-hydrogen) atoms. The van der Waals surface area contributed by atoms with Crippen molar-refractivity contribution in [1.82, 2.24) is 14.7 Å². The second kappa shape index (κ2) is 6.71. The van der Waals surface area contributed by atoms with Gasteiger partial charge in [0.05, 0.1) is 17.1 Å². The molecule has 9 heteroatoms. The van der Waals surface area contributed by atoms with E-state index >= 15 is 0 Å². The standard InChI is InChI=1S/C18H19F3N4O2/c1-11(26)24-10-4-5-14-15(24)16(18(19,20)21)22-25(14)13-8-6-12(7-9-13)17(27)23(2)3/h6-9H,4-5,10H2,1-3H3. The first-order valence-corrected chi connectivity index (χ1v) is 8.40. The second-order valence-corrected chi connectivity index (χ2v) is 6.57. The molecule has 0 fully saturated rings. The molecule has 1 aliphatic heterocycles. The first-order valence-electron chi connectivity index (χ1n) is 8.40. The summed E-state index contributed by atoms with van der Waals surface area (Å²) in [6, 6.07) is 6.20. The number of anilines is 1. The fraction of sp³-hybridized carbons (Fsp3) is 0.389. The Morgan fingerprint density at radius 3 is 2.30 bits per heavy atom. The number of amides is 2. The topological polar surface area (TPSA) is 58.4 Å². The van der Waals surface area contributed by atoms with Crippen molar-refractivity contribution in [3.8, 4) is 5.69 Å². The fourth-order valence-electron chi connectivity index (χ4n) is 3.19. The molecule has 6 nitrogen and oxygen atoms in total. The monoisotopic (exact) mass is 380 g/mol. The van der Waals surface area contributed by atoms with Crippen molar-refractivity contribution in [2.24, 2.45) is 0 Å². The van der Waals surface area contributed by atoms with E-state index in [1.165, 1.54) is 16.5 Å². The number of halogens is 3. The summed E-state index contributed by atoms with van der Waals surface area (Å²) >= 11 is 0. The van der Waals surface area contributed by atoms with E-state index < -0.39 is 17.8 Å². The highest BCUT2D eigenvalue weighted by atomic mass is 19.4. The van der Waals surface area contributed by atoms with Crippen LogP contribution in [0.1, 0.15) is 35.1 Å². The van der Waals surface area contributed by atoms with Crippen LogP contribution in [0.15, 0.2) is 24.3 Å². The van der Waals surface area contributed by atoms with Crippen molar-refractivity contribution in [2.45, 2.75) is 25.9 Å². The smallest absolute Gasteiger partial charge is 0.345 e. The van der Waals surface area contributed by atoms with Crippen molar-refractivity contribution in [3.63, 3.8) is 0 Å². The largest absolute Gasteiger partial charge is 0.437 e. The van der Waals surface area contributed by atoms with E-state index in [-0.39, 0.29) is 18.1 Å². The van der Waals surface area contributed by atoms with E-state index in [2.05, 4.69) is 5.10 Å². The van der Waals surface area contributed by atoms with Gasteiger partial charge in [-0.1, -0.05) is 0 Å². The molecule has 0 saturated carbocycles. The Balaban J connectivity index is 2.12. The van der Waals surface area contributed by atoms with E-state index in [9.17, 15) is 22.8 Å². The van der Waals surface area contributed by atoms with Gasteiger partial charge in [-0.05, 0) is 37.1 Å². The molecular weight excluding hydrogens is 361 g/mol.